The van der Waals surface area contributed by atoms with Crippen LogP contribution in [0.15, 0.2) is 45.3 Å². The predicted octanol–water partition coefficient (Wildman–Crippen LogP) is 2.63. The van der Waals surface area contributed by atoms with E-state index in [1.807, 2.05) is 24.3 Å². The average molecular weight is 393 g/mol. The third-order valence-electron chi connectivity index (χ3n) is 3.65. The molecule has 7 heteroatoms. The summed E-state index contributed by atoms with van der Waals surface area (Å²) >= 11 is 3.37. The quantitative estimate of drug-likeness (QED) is 0.819. The van der Waals surface area contributed by atoms with Crippen LogP contribution in [0.2, 0.25) is 0 Å². The normalized spacial score (nSPS) is 17.2. The lowest BCUT2D eigenvalue weighted by Crippen LogP contribution is -2.50. The fourth-order valence-corrected chi connectivity index (χ4v) is 2.81. The van der Waals surface area contributed by atoms with Crippen LogP contribution in [0.1, 0.15) is 29.2 Å². The number of hydrogen-bond donors (Lipinski definition) is 2. The van der Waals surface area contributed by atoms with Crippen LogP contribution in [-0.4, -0.2) is 24.4 Å². The molecule has 1 atom stereocenters. The third-order valence-corrected chi connectivity index (χ3v) is 4.15. The molecule has 126 valence electrons. The van der Waals surface area contributed by atoms with Crippen LogP contribution in [0.5, 0.6) is 5.75 Å². The molecular weight excluding hydrogens is 376 g/mol. The number of carbonyl (C=O) groups is 2. The molecule has 0 spiro atoms. The van der Waals surface area contributed by atoms with Gasteiger partial charge in [-0.05, 0) is 43.2 Å². The van der Waals surface area contributed by atoms with E-state index in [0.29, 0.717) is 24.5 Å². The van der Waals surface area contributed by atoms with E-state index in [2.05, 4.69) is 26.6 Å². The Morgan fingerprint density at radius 2 is 2.25 bits per heavy atom. The lowest BCUT2D eigenvalue weighted by atomic mass is 10.1. The first-order valence-electron chi connectivity index (χ1n) is 7.67. The molecule has 2 aromatic rings. The Hall–Kier alpha value is -2.28. The minimum absolute atomic E-state index is 0.153. The standard InChI is InChI=1S/C17H17BrN2O4/c18-11-3-1-4-12(9-11)23-10-13-6-7-15(24-13)17(22)20-14-5-2-8-19-16(14)21/h1,3-4,6-7,9,14H,2,5,8,10H2,(H,19,21)(H,20,22). The summed E-state index contributed by atoms with van der Waals surface area (Å²) < 4.78 is 12.0. The number of amides is 2. The van der Waals surface area contributed by atoms with Crippen molar-refractivity contribution < 1.29 is 18.7 Å². The Morgan fingerprint density at radius 1 is 1.38 bits per heavy atom. The van der Waals surface area contributed by atoms with E-state index >= 15 is 0 Å². The van der Waals surface area contributed by atoms with Gasteiger partial charge in [-0.1, -0.05) is 22.0 Å². The fourth-order valence-electron chi connectivity index (χ4n) is 2.43. The van der Waals surface area contributed by atoms with Gasteiger partial charge in [0, 0.05) is 11.0 Å². The number of benzene rings is 1. The largest absolute Gasteiger partial charge is 0.486 e. The van der Waals surface area contributed by atoms with E-state index in [-0.39, 0.29) is 18.3 Å². The molecule has 1 fully saturated rings. The summed E-state index contributed by atoms with van der Waals surface area (Å²) in [4.78, 5) is 23.8. The molecule has 0 aliphatic carbocycles. The molecule has 1 saturated heterocycles. The predicted molar refractivity (Wildman–Crippen MR) is 90.7 cm³/mol. The van der Waals surface area contributed by atoms with E-state index in [4.69, 9.17) is 9.15 Å². The maximum absolute atomic E-state index is 12.2. The minimum Gasteiger partial charge on any atom is -0.486 e. The van der Waals surface area contributed by atoms with E-state index < -0.39 is 11.9 Å². The molecule has 2 amide bonds. The molecule has 0 saturated carbocycles. The highest BCUT2D eigenvalue weighted by Crippen LogP contribution is 2.19. The zero-order valence-electron chi connectivity index (χ0n) is 12.9. The Bertz CT molecular complexity index is 744. The number of rotatable bonds is 5. The van der Waals surface area contributed by atoms with Gasteiger partial charge in [-0.2, -0.15) is 0 Å². The van der Waals surface area contributed by atoms with Crippen LogP contribution in [0, 0.1) is 0 Å². The summed E-state index contributed by atoms with van der Waals surface area (Å²) in [6, 6.07) is 10.2. The van der Waals surface area contributed by atoms with Crippen molar-refractivity contribution in [2.75, 3.05) is 6.54 Å². The maximum Gasteiger partial charge on any atom is 0.287 e. The molecular formula is C17H17BrN2O4. The second-order valence-electron chi connectivity index (χ2n) is 5.47. The van der Waals surface area contributed by atoms with Crippen LogP contribution >= 0.6 is 15.9 Å². The fraction of sp³-hybridized carbons (Fsp3) is 0.294. The summed E-state index contributed by atoms with van der Waals surface area (Å²) in [6.07, 6.45) is 1.48. The molecule has 1 aliphatic heterocycles. The average Bonchev–Trinajstić information content (AvgIpc) is 3.04. The van der Waals surface area contributed by atoms with Gasteiger partial charge in [-0.25, -0.2) is 0 Å². The van der Waals surface area contributed by atoms with Crippen LogP contribution in [-0.2, 0) is 11.4 Å². The highest BCUT2D eigenvalue weighted by Gasteiger charge is 2.25. The number of carbonyl (C=O) groups excluding carboxylic acids is 2. The van der Waals surface area contributed by atoms with Crippen LogP contribution in [0.25, 0.3) is 0 Å². The highest BCUT2D eigenvalue weighted by atomic mass is 79.9. The first-order valence-corrected chi connectivity index (χ1v) is 8.47. The van der Waals surface area contributed by atoms with Gasteiger partial charge in [-0.15, -0.1) is 0 Å². The van der Waals surface area contributed by atoms with Gasteiger partial charge < -0.3 is 19.8 Å². The van der Waals surface area contributed by atoms with Crippen LogP contribution in [0.4, 0.5) is 0 Å². The molecule has 2 N–H and O–H groups in total. The Balaban J connectivity index is 1.56. The van der Waals surface area contributed by atoms with Crippen molar-refractivity contribution in [3.8, 4) is 5.75 Å². The van der Waals surface area contributed by atoms with Gasteiger partial charge in [0.1, 0.15) is 24.2 Å². The lowest BCUT2D eigenvalue weighted by molar-refractivity contribution is -0.124. The molecule has 24 heavy (non-hydrogen) atoms. The Kier molecular flexibility index (Phi) is 5.20. The van der Waals surface area contributed by atoms with Crippen molar-refractivity contribution in [3.05, 3.63) is 52.4 Å². The van der Waals surface area contributed by atoms with Gasteiger partial charge in [0.15, 0.2) is 5.76 Å². The summed E-state index contributed by atoms with van der Waals surface area (Å²) in [5.74, 6) is 0.852. The Labute approximate surface area is 147 Å². The minimum atomic E-state index is -0.502. The van der Waals surface area contributed by atoms with E-state index in [1.54, 1.807) is 12.1 Å². The maximum atomic E-state index is 12.2. The van der Waals surface area contributed by atoms with Crippen molar-refractivity contribution >= 4 is 27.7 Å². The number of halogens is 1. The molecule has 1 unspecified atom stereocenters. The van der Waals surface area contributed by atoms with Crippen molar-refractivity contribution in [2.24, 2.45) is 0 Å². The zero-order valence-corrected chi connectivity index (χ0v) is 14.5. The second kappa shape index (κ2) is 7.53. The molecule has 3 rings (SSSR count). The molecule has 1 aliphatic rings. The molecule has 1 aromatic carbocycles. The monoisotopic (exact) mass is 392 g/mol. The van der Waals surface area contributed by atoms with Crippen LogP contribution < -0.4 is 15.4 Å². The SMILES string of the molecule is O=C(NC1CCCNC1=O)c1ccc(COc2cccc(Br)c2)o1. The molecule has 0 bridgehead atoms. The number of nitrogens with one attached hydrogen (secondary N) is 2. The van der Waals surface area contributed by atoms with E-state index in [0.717, 1.165) is 10.9 Å². The smallest absolute Gasteiger partial charge is 0.287 e. The molecule has 2 heterocycles. The highest BCUT2D eigenvalue weighted by molar-refractivity contribution is 9.10. The van der Waals surface area contributed by atoms with Crippen LogP contribution in [0.3, 0.4) is 0 Å². The summed E-state index contributed by atoms with van der Waals surface area (Å²) in [7, 11) is 0. The van der Waals surface area contributed by atoms with Crippen molar-refractivity contribution in [1.29, 1.82) is 0 Å². The number of furan rings is 1. The number of hydrogen-bond acceptors (Lipinski definition) is 4. The van der Waals surface area contributed by atoms with Crippen molar-refractivity contribution in [2.45, 2.75) is 25.5 Å². The van der Waals surface area contributed by atoms with Crippen molar-refractivity contribution in [3.63, 3.8) is 0 Å². The van der Waals surface area contributed by atoms with Gasteiger partial charge in [0.05, 0.1) is 0 Å². The molecule has 6 nitrogen and oxygen atoms in total. The van der Waals surface area contributed by atoms with Crippen molar-refractivity contribution in [1.82, 2.24) is 10.6 Å². The zero-order chi connectivity index (χ0) is 16.9. The second-order valence-corrected chi connectivity index (χ2v) is 6.39. The van der Waals surface area contributed by atoms with Gasteiger partial charge >= 0.3 is 0 Å². The van der Waals surface area contributed by atoms with Gasteiger partial charge in [-0.3, -0.25) is 9.59 Å². The first-order chi connectivity index (χ1) is 11.6. The lowest BCUT2D eigenvalue weighted by Gasteiger charge is -2.22. The summed E-state index contributed by atoms with van der Waals surface area (Å²) in [5, 5.41) is 5.42. The first kappa shape index (κ1) is 16.6. The molecule has 0 radical (unpaired) electrons. The third kappa shape index (κ3) is 4.17. The summed E-state index contributed by atoms with van der Waals surface area (Å²) in [6.45, 7) is 0.872. The van der Waals surface area contributed by atoms with Gasteiger partial charge in [0.2, 0.25) is 5.91 Å². The van der Waals surface area contributed by atoms with Gasteiger partial charge in [0.25, 0.3) is 5.91 Å². The molecule has 1 aromatic heterocycles. The number of piperidine rings is 1. The van der Waals surface area contributed by atoms with E-state index in [9.17, 15) is 9.59 Å². The number of ether oxygens (including phenoxy) is 1. The Morgan fingerprint density at radius 3 is 3.04 bits per heavy atom. The topological polar surface area (TPSA) is 80.6 Å². The summed E-state index contributed by atoms with van der Waals surface area (Å²) in [5.41, 5.74) is 0. The van der Waals surface area contributed by atoms with E-state index in [1.165, 1.54) is 0 Å².